The summed E-state index contributed by atoms with van der Waals surface area (Å²) in [6, 6.07) is 1.60. The van der Waals surface area contributed by atoms with E-state index in [0.717, 1.165) is 5.56 Å². The molecule has 4 nitrogen and oxygen atoms in total. The minimum atomic E-state index is -0.446. The van der Waals surface area contributed by atoms with Crippen molar-refractivity contribution in [1.82, 2.24) is 4.98 Å². The number of carbonyl (C=O) groups is 1. The number of nitrogens with two attached hydrogens (primary N) is 1. The summed E-state index contributed by atoms with van der Waals surface area (Å²) in [6.07, 6.45) is 1.45. The van der Waals surface area contributed by atoms with Crippen molar-refractivity contribution in [3.8, 4) is 0 Å². The van der Waals surface area contributed by atoms with E-state index in [-0.39, 0.29) is 5.69 Å². The molecule has 1 rings (SSSR count). The van der Waals surface area contributed by atoms with E-state index in [9.17, 15) is 4.79 Å². The Morgan fingerprint density at radius 1 is 1.67 bits per heavy atom. The fourth-order valence-electron chi connectivity index (χ4n) is 0.783. The summed E-state index contributed by atoms with van der Waals surface area (Å²) in [4.78, 5) is 14.8. The van der Waals surface area contributed by atoms with E-state index in [0.29, 0.717) is 5.69 Å². The van der Waals surface area contributed by atoms with Gasteiger partial charge in [-0.25, -0.2) is 9.78 Å². The fourth-order valence-corrected chi connectivity index (χ4v) is 0.783. The van der Waals surface area contributed by atoms with Crippen LogP contribution in [0.5, 0.6) is 0 Å². The van der Waals surface area contributed by atoms with Gasteiger partial charge in [-0.2, -0.15) is 0 Å². The predicted molar refractivity (Wildman–Crippen MR) is 44.7 cm³/mol. The number of aryl methyl sites for hydroxylation is 1. The van der Waals surface area contributed by atoms with E-state index in [1.807, 2.05) is 6.92 Å². The van der Waals surface area contributed by atoms with Crippen molar-refractivity contribution in [2.24, 2.45) is 0 Å². The number of nitrogens with zero attached hydrogens (tertiary/aromatic N) is 1. The highest BCUT2D eigenvalue weighted by molar-refractivity contribution is 5.87. The lowest BCUT2D eigenvalue weighted by atomic mass is 10.2. The van der Waals surface area contributed by atoms with Gasteiger partial charge in [-0.1, -0.05) is 0 Å². The molecule has 0 atom stereocenters. The molecule has 0 saturated heterocycles. The molecule has 0 aliphatic carbocycles. The molecule has 0 radical (unpaired) electrons. The first-order chi connectivity index (χ1) is 5.65. The molecule has 0 amide bonds. The first-order valence-electron chi connectivity index (χ1n) is 3.45. The van der Waals surface area contributed by atoms with Gasteiger partial charge >= 0.3 is 5.97 Å². The molecule has 0 bridgehead atoms. The second kappa shape index (κ2) is 3.21. The zero-order valence-electron chi connectivity index (χ0n) is 7.00. The van der Waals surface area contributed by atoms with Gasteiger partial charge in [0, 0.05) is 0 Å². The number of methoxy groups -OCH3 is 1. The number of ether oxygens (including phenoxy) is 1. The van der Waals surface area contributed by atoms with Gasteiger partial charge in [0.25, 0.3) is 0 Å². The Balaban J connectivity index is 3.05. The highest BCUT2D eigenvalue weighted by Gasteiger charge is 2.07. The van der Waals surface area contributed by atoms with Crippen LogP contribution in [0.1, 0.15) is 16.1 Å². The van der Waals surface area contributed by atoms with E-state index in [1.165, 1.54) is 13.3 Å². The first-order valence-corrected chi connectivity index (χ1v) is 3.45. The highest BCUT2D eigenvalue weighted by atomic mass is 16.5. The lowest BCUT2D eigenvalue weighted by Gasteiger charge is -2.01. The van der Waals surface area contributed by atoms with Crippen LogP contribution in [0.4, 0.5) is 5.69 Å². The monoisotopic (exact) mass is 166 g/mol. The molecule has 12 heavy (non-hydrogen) atoms. The van der Waals surface area contributed by atoms with E-state index < -0.39 is 5.97 Å². The number of hydrogen-bond donors (Lipinski definition) is 1. The Morgan fingerprint density at radius 3 is 2.83 bits per heavy atom. The Hall–Kier alpha value is -1.58. The number of esters is 1. The lowest BCUT2D eigenvalue weighted by Crippen LogP contribution is -2.05. The Morgan fingerprint density at radius 2 is 2.33 bits per heavy atom. The van der Waals surface area contributed by atoms with Gasteiger partial charge in [-0.05, 0) is 18.6 Å². The first kappa shape index (κ1) is 8.52. The van der Waals surface area contributed by atoms with Gasteiger partial charge < -0.3 is 10.5 Å². The van der Waals surface area contributed by atoms with E-state index in [4.69, 9.17) is 5.73 Å². The Kier molecular flexibility index (Phi) is 2.28. The van der Waals surface area contributed by atoms with E-state index in [2.05, 4.69) is 9.72 Å². The Labute approximate surface area is 70.4 Å². The molecule has 0 aliphatic rings. The third kappa shape index (κ3) is 1.53. The average molecular weight is 166 g/mol. The zero-order chi connectivity index (χ0) is 9.14. The van der Waals surface area contributed by atoms with E-state index in [1.54, 1.807) is 6.07 Å². The molecular formula is C8H10N2O2. The summed E-state index contributed by atoms with van der Waals surface area (Å²) in [7, 11) is 1.32. The summed E-state index contributed by atoms with van der Waals surface area (Å²) in [5.41, 5.74) is 7.19. The SMILES string of the molecule is COC(=O)c1cc(C)c(N)cn1. The molecule has 0 spiro atoms. The number of anilines is 1. The van der Waals surface area contributed by atoms with Crippen LogP contribution in [0.3, 0.4) is 0 Å². The van der Waals surface area contributed by atoms with Crippen LogP contribution < -0.4 is 5.73 Å². The molecule has 0 aromatic carbocycles. The summed E-state index contributed by atoms with van der Waals surface area (Å²) in [5, 5.41) is 0. The number of pyridine rings is 1. The molecule has 2 N–H and O–H groups in total. The third-order valence-corrected chi connectivity index (χ3v) is 1.55. The molecule has 0 saturated carbocycles. The van der Waals surface area contributed by atoms with E-state index >= 15 is 0 Å². The predicted octanol–water partition coefficient (Wildman–Crippen LogP) is 0.759. The normalized spacial score (nSPS) is 9.50. The van der Waals surface area contributed by atoms with Crippen LogP contribution in [0.15, 0.2) is 12.3 Å². The highest BCUT2D eigenvalue weighted by Crippen LogP contribution is 2.09. The maximum absolute atomic E-state index is 11.0. The molecule has 4 heteroatoms. The van der Waals surface area contributed by atoms with Gasteiger partial charge in [0.05, 0.1) is 19.0 Å². The summed E-state index contributed by atoms with van der Waals surface area (Å²) in [6.45, 7) is 1.81. The zero-order valence-corrected chi connectivity index (χ0v) is 7.00. The van der Waals surface area contributed by atoms with Gasteiger partial charge in [-0.3, -0.25) is 0 Å². The molecule has 0 unspecified atom stereocenters. The quantitative estimate of drug-likeness (QED) is 0.625. The topological polar surface area (TPSA) is 65.2 Å². The molecular weight excluding hydrogens is 156 g/mol. The Bertz CT molecular complexity index is 310. The van der Waals surface area contributed by atoms with Crippen LogP contribution >= 0.6 is 0 Å². The van der Waals surface area contributed by atoms with Crippen molar-refractivity contribution >= 4 is 11.7 Å². The molecule has 1 heterocycles. The van der Waals surface area contributed by atoms with Crippen molar-refractivity contribution in [1.29, 1.82) is 0 Å². The maximum Gasteiger partial charge on any atom is 0.356 e. The number of rotatable bonds is 1. The standard InChI is InChI=1S/C8H10N2O2/c1-5-3-7(8(11)12-2)10-4-6(5)9/h3-4H,9H2,1-2H3. The minimum Gasteiger partial charge on any atom is -0.464 e. The molecule has 1 aromatic rings. The van der Waals surface area contributed by atoms with Crippen LogP contribution in [0.2, 0.25) is 0 Å². The summed E-state index contributed by atoms with van der Waals surface area (Å²) in [5.74, 6) is -0.446. The molecule has 0 fully saturated rings. The minimum absolute atomic E-state index is 0.282. The lowest BCUT2D eigenvalue weighted by molar-refractivity contribution is 0.0594. The van der Waals surface area contributed by atoms with Crippen LogP contribution in [0, 0.1) is 6.92 Å². The van der Waals surface area contributed by atoms with Crippen LogP contribution in [-0.4, -0.2) is 18.1 Å². The van der Waals surface area contributed by atoms with Gasteiger partial charge in [0.15, 0.2) is 0 Å². The largest absolute Gasteiger partial charge is 0.464 e. The summed E-state index contributed by atoms with van der Waals surface area (Å²) >= 11 is 0. The second-order valence-corrected chi connectivity index (χ2v) is 2.42. The van der Waals surface area contributed by atoms with Crippen molar-refractivity contribution in [2.45, 2.75) is 6.92 Å². The van der Waals surface area contributed by atoms with Crippen LogP contribution in [-0.2, 0) is 4.74 Å². The van der Waals surface area contributed by atoms with Crippen molar-refractivity contribution in [3.63, 3.8) is 0 Å². The van der Waals surface area contributed by atoms with Crippen molar-refractivity contribution in [3.05, 3.63) is 23.5 Å². The number of carbonyl (C=O) groups excluding carboxylic acids is 1. The molecule has 1 aromatic heterocycles. The van der Waals surface area contributed by atoms with Crippen molar-refractivity contribution < 1.29 is 9.53 Å². The average Bonchev–Trinajstić information content (AvgIpc) is 2.08. The molecule has 64 valence electrons. The van der Waals surface area contributed by atoms with Crippen LogP contribution in [0.25, 0.3) is 0 Å². The number of nitrogen functional groups attached to an aromatic ring is 1. The van der Waals surface area contributed by atoms with Gasteiger partial charge in [-0.15, -0.1) is 0 Å². The molecule has 0 aliphatic heterocycles. The van der Waals surface area contributed by atoms with Gasteiger partial charge in [0.2, 0.25) is 0 Å². The maximum atomic E-state index is 11.0. The fraction of sp³-hybridized carbons (Fsp3) is 0.250. The number of hydrogen-bond acceptors (Lipinski definition) is 4. The smallest absolute Gasteiger partial charge is 0.356 e. The third-order valence-electron chi connectivity index (χ3n) is 1.55. The summed E-state index contributed by atoms with van der Waals surface area (Å²) < 4.78 is 4.49. The number of aromatic nitrogens is 1. The van der Waals surface area contributed by atoms with Gasteiger partial charge in [0.1, 0.15) is 5.69 Å². The second-order valence-electron chi connectivity index (χ2n) is 2.42. The van der Waals surface area contributed by atoms with Crippen molar-refractivity contribution in [2.75, 3.05) is 12.8 Å².